The summed E-state index contributed by atoms with van der Waals surface area (Å²) in [5.74, 6) is 1.31. The summed E-state index contributed by atoms with van der Waals surface area (Å²) in [5.41, 5.74) is 4.25. The molecule has 2 aromatic rings. The van der Waals surface area contributed by atoms with E-state index in [-0.39, 0.29) is 23.2 Å². The molecule has 1 aromatic heterocycles. The van der Waals surface area contributed by atoms with Crippen molar-refractivity contribution in [1.29, 1.82) is 0 Å². The van der Waals surface area contributed by atoms with Crippen LogP contribution in [0.1, 0.15) is 23.9 Å². The Kier molecular flexibility index (Phi) is 5.18. The van der Waals surface area contributed by atoms with Gasteiger partial charge in [-0.15, -0.1) is 0 Å². The summed E-state index contributed by atoms with van der Waals surface area (Å²) in [6.45, 7) is 6.37. The van der Waals surface area contributed by atoms with E-state index >= 15 is 0 Å². The number of fused-ring (bicyclic) bond motifs is 1. The molecule has 1 aliphatic heterocycles. The lowest BCUT2D eigenvalue weighted by Crippen LogP contribution is -2.40. The van der Waals surface area contributed by atoms with Crippen molar-refractivity contribution in [3.63, 3.8) is 0 Å². The molecule has 0 aliphatic carbocycles. The Morgan fingerprint density at radius 3 is 2.67 bits per heavy atom. The largest absolute Gasteiger partial charge is 0.496 e. The van der Waals surface area contributed by atoms with Gasteiger partial charge in [-0.2, -0.15) is 0 Å². The molecule has 1 aromatic carbocycles. The molecule has 2 heterocycles. The van der Waals surface area contributed by atoms with Crippen molar-refractivity contribution < 1.29 is 18.9 Å². The van der Waals surface area contributed by atoms with E-state index in [0.717, 1.165) is 28.1 Å². The highest BCUT2D eigenvalue weighted by Gasteiger charge is 2.30. The van der Waals surface area contributed by atoms with Crippen LogP contribution >= 0.6 is 0 Å². The molecular weight excluding hydrogens is 350 g/mol. The second kappa shape index (κ2) is 7.40. The Morgan fingerprint density at radius 2 is 2.11 bits per heavy atom. The first-order valence-corrected chi connectivity index (χ1v) is 8.63. The van der Waals surface area contributed by atoms with Crippen LogP contribution in [0.2, 0.25) is 0 Å². The lowest BCUT2D eigenvalue weighted by atomic mass is 9.96. The molecule has 3 rings (SSSR count). The Morgan fingerprint density at radius 1 is 1.37 bits per heavy atom. The van der Waals surface area contributed by atoms with Gasteiger partial charge in [0, 0.05) is 30.0 Å². The molecule has 0 saturated heterocycles. The molecule has 0 fully saturated rings. The number of hydrogen-bond donors (Lipinski definition) is 0. The molecular formula is C19H23N3O5. The topological polar surface area (TPSA) is 90.9 Å². The Labute approximate surface area is 157 Å². The van der Waals surface area contributed by atoms with Crippen LogP contribution in [0.3, 0.4) is 0 Å². The number of anilines is 1. The quantitative estimate of drug-likeness (QED) is 0.566. The lowest BCUT2D eigenvalue weighted by molar-refractivity contribution is -0.424. The van der Waals surface area contributed by atoms with Gasteiger partial charge in [0.1, 0.15) is 18.1 Å². The van der Waals surface area contributed by atoms with Gasteiger partial charge in [0.15, 0.2) is 0 Å². The molecule has 0 saturated carbocycles. The van der Waals surface area contributed by atoms with E-state index in [1.807, 2.05) is 37.8 Å². The van der Waals surface area contributed by atoms with Crippen molar-refractivity contribution in [2.45, 2.75) is 26.8 Å². The van der Waals surface area contributed by atoms with E-state index in [9.17, 15) is 10.1 Å². The van der Waals surface area contributed by atoms with Crippen LogP contribution in [0.5, 0.6) is 5.75 Å². The highest BCUT2D eigenvalue weighted by Crippen LogP contribution is 2.42. The van der Waals surface area contributed by atoms with Gasteiger partial charge >= 0.3 is 0 Å². The highest BCUT2D eigenvalue weighted by molar-refractivity contribution is 5.84. The summed E-state index contributed by atoms with van der Waals surface area (Å²) in [5, 5.41) is 15.4. The predicted octanol–water partition coefficient (Wildman–Crippen LogP) is 3.44. The fourth-order valence-electron chi connectivity index (χ4n) is 3.50. The molecule has 0 N–H and O–H groups in total. The third-order valence-corrected chi connectivity index (χ3v) is 4.79. The van der Waals surface area contributed by atoms with Gasteiger partial charge < -0.3 is 18.9 Å². The number of rotatable bonds is 6. The van der Waals surface area contributed by atoms with E-state index in [2.05, 4.69) is 5.16 Å². The number of aryl methyl sites for hydroxylation is 2. The second-order valence-corrected chi connectivity index (χ2v) is 6.64. The van der Waals surface area contributed by atoms with Gasteiger partial charge in [0.2, 0.25) is 0 Å². The highest BCUT2D eigenvalue weighted by atomic mass is 16.6. The summed E-state index contributed by atoms with van der Waals surface area (Å²) in [6, 6.07) is 3.77. The minimum absolute atomic E-state index is 0.0386. The van der Waals surface area contributed by atoms with Gasteiger partial charge in [-0.25, -0.2) is 0 Å². The van der Waals surface area contributed by atoms with E-state index in [1.54, 1.807) is 20.3 Å². The maximum atomic E-state index is 11.4. The van der Waals surface area contributed by atoms with E-state index in [0.29, 0.717) is 18.1 Å². The molecule has 8 heteroatoms. The summed E-state index contributed by atoms with van der Waals surface area (Å²) >= 11 is 0. The fourth-order valence-corrected chi connectivity index (χ4v) is 3.50. The average Bonchev–Trinajstić information content (AvgIpc) is 2.97. The summed E-state index contributed by atoms with van der Waals surface area (Å²) in [4.78, 5) is 13.1. The van der Waals surface area contributed by atoms with Crippen LogP contribution in [0.4, 0.5) is 5.69 Å². The summed E-state index contributed by atoms with van der Waals surface area (Å²) < 4.78 is 16.2. The van der Waals surface area contributed by atoms with Crippen LogP contribution in [-0.2, 0) is 4.74 Å². The summed E-state index contributed by atoms with van der Waals surface area (Å²) in [7, 11) is 3.20. The van der Waals surface area contributed by atoms with Gasteiger partial charge in [-0.3, -0.25) is 10.1 Å². The van der Waals surface area contributed by atoms with E-state index < -0.39 is 0 Å². The normalized spacial score (nSPS) is 14.6. The number of nitro groups is 1. The van der Waals surface area contributed by atoms with Crippen molar-refractivity contribution in [3.8, 4) is 16.9 Å². The summed E-state index contributed by atoms with van der Waals surface area (Å²) in [6.07, 6.45) is 1.60. The lowest BCUT2D eigenvalue weighted by Gasteiger charge is -2.34. The van der Waals surface area contributed by atoms with Crippen molar-refractivity contribution in [1.82, 2.24) is 5.16 Å². The maximum absolute atomic E-state index is 11.4. The third kappa shape index (κ3) is 3.40. The molecule has 1 aliphatic rings. The molecule has 1 atom stereocenters. The van der Waals surface area contributed by atoms with Crippen molar-refractivity contribution in [2.75, 3.05) is 32.3 Å². The number of methoxy groups -OCH3 is 2. The second-order valence-electron chi connectivity index (χ2n) is 6.64. The molecule has 0 bridgehead atoms. The molecule has 0 radical (unpaired) electrons. The SMILES string of the molecule is COCC(C)N1CC([N+](=O)[O-])=Cc2cc(OC)c(-c3c(C)noc3C)cc21. The van der Waals surface area contributed by atoms with Crippen LogP contribution < -0.4 is 9.64 Å². The molecule has 1 unspecified atom stereocenters. The van der Waals surface area contributed by atoms with E-state index in [4.69, 9.17) is 14.0 Å². The van der Waals surface area contributed by atoms with Crippen LogP contribution in [0.15, 0.2) is 22.4 Å². The number of aromatic nitrogens is 1. The first-order valence-electron chi connectivity index (χ1n) is 8.63. The minimum atomic E-state index is -0.343. The predicted molar refractivity (Wildman–Crippen MR) is 102 cm³/mol. The Hall–Kier alpha value is -2.87. The molecule has 0 spiro atoms. The van der Waals surface area contributed by atoms with Crippen LogP contribution in [-0.4, -0.2) is 43.5 Å². The van der Waals surface area contributed by atoms with Gasteiger partial charge in [-0.05, 0) is 32.9 Å². The zero-order valence-electron chi connectivity index (χ0n) is 16.1. The Bertz CT molecular complexity index is 883. The van der Waals surface area contributed by atoms with Crippen LogP contribution in [0.25, 0.3) is 17.2 Å². The first kappa shape index (κ1) is 18.9. The monoisotopic (exact) mass is 373 g/mol. The first-order chi connectivity index (χ1) is 12.9. The smallest absolute Gasteiger partial charge is 0.266 e. The molecule has 0 amide bonds. The molecule has 144 valence electrons. The van der Waals surface area contributed by atoms with Crippen molar-refractivity contribution >= 4 is 11.8 Å². The number of benzene rings is 1. The van der Waals surface area contributed by atoms with Gasteiger partial charge in [-0.1, -0.05) is 5.16 Å². The Balaban J connectivity index is 2.22. The third-order valence-electron chi connectivity index (χ3n) is 4.79. The standard InChI is InChI=1S/C19H23N3O5/c1-11(10-25-4)21-9-15(22(23)24)6-14-7-18(26-5)16(8-17(14)21)19-12(2)20-27-13(19)3/h6-8,11H,9-10H2,1-5H3. The number of ether oxygens (including phenoxy) is 2. The molecule has 27 heavy (non-hydrogen) atoms. The zero-order valence-corrected chi connectivity index (χ0v) is 16.1. The van der Waals surface area contributed by atoms with Crippen molar-refractivity contribution in [2.24, 2.45) is 0 Å². The van der Waals surface area contributed by atoms with Gasteiger partial charge in [0.25, 0.3) is 5.70 Å². The van der Waals surface area contributed by atoms with Crippen molar-refractivity contribution in [3.05, 3.63) is 45.0 Å². The average molecular weight is 373 g/mol. The molecule has 8 nitrogen and oxygen atoms in total. The van der Waals surface area contributed by atoms with Crippen LogP contribution in [0, 0.1) is 24.0 Å². The van der Waals surface area contributed by atoms with E-state index in [1.165, 1.54) is 0 Å². The zero-order chi connectivity index (χ0) is 19.7. The fraction of sp³-hybridized carbons (Fsp3) is 0.421. The maximum Gasteiger partial charge on any atom is 0.266 e. The minimum Gasteiger partial charge on any atom is -0.496 e. The van der Waals surface area contributed by atoms with Gasteiger partial charge in [0.05, 0.1) is 35.9 Å². The number of nitrogens with zero attached hydrogens (tertiary/aromatic N) is 3. The number of hydrogen-bond acceptors (Lipinski definition) is 7.